The van der Waals surface area contributed by atoms with Crippen LogP contribution in [-0.4, -0.2) is 18.3 Å². The SMILES string of the molecule is CC(C)(C)c1cc(B2OC(C)(C)C(C)(C)O2)c2oc3c(C(C)(C)C)cc(C(C)(C)C)c4ccc1c2c43. The Morgan fingerprint density at radius 1 is 0.583 bits per heavy atom. The molecular formula is C32H43BO3. The van der Waals surface area contributed by atoms with Gasteiger partial charge in [0.15, 0.2) is 0 Å². The summed E-state index contributed by atoms with van der Waals surface area (Å²) in [6, 6.07) is 9.28. The molecule has 1 saturated heterocycles. The van der Waals surface area contributed by atoms with Gasteiger partial charge in [-0.15, -0.1) is 0 Å². The number of hydrogen-bond donors (Lipinski definition) is 0. The molecule has 36 heavy (non-hydrogen) atoms. The van der Waals surface area contributed by atoms with Crippen molar-refractivity contribution >= 4 is 45.3 Å². The van der Waals surface area contributed by atoms with E-state index in [1.165, 1.54) is 38.2 Å². The van der Waals surface area contributed by atoms with E-state index in [9.17, 15) is 0 Å². The predicted molar refractivity (Wildman–Crippen MR) is 154 cm³/mol. The fourth-order valence-electron chi connectivity index (χ4n) is 5.65. The second-order valence-electron chi connectivity index (χ2n) is 15.0. The first-order valence-corrected chi connectivity index (χ1v) is 13.4. The molecule has 1 aliphatic rings. The lowest BCUT2D eigenvalue weighted by atomic mass is 9.72. The minimum Gasteiger partial charge on any atom is -0.456 e. The molecule has 0 saturated carbocycles. The minimum atomic E-state index is -0.486. The average molecular weight is 487 g/mol. The van der Waals surface area contributed by atoms with Crippen LogP contribution in [0.2, 0.25) is 0 Å². The Labute approximate surface area is 217 Å². The van der Waals surface area contributed by atoms with Crippen LogP contribution < -0.4 is 5.46 Å². The largest absolute Gasteiger partial charge is 0.498 e. The first-order valence-electron chi connectivity index (χ1n) is 13.4. The maximum Gasteiger partial charge on any atom is 0.498 e. The zero-order chi connectivity index (χ0) is 26.8. The van der Waals surface area contributed by atoms with Gasteiger partial charge in [-0.05, 0) is 65.8 Å². The van der Waals surface area contributed by atoms with Crippen molar-refractivity contribution in [3.63, 3.8) is 0 Å². The molecule has 0 aliphatic carbocycles. The molecule has 0 spiro atoms. The third-order valence-corrected chi connectivity index (χ3v) is 8.47. The van der Waals surface area contributed by atoms with Crippen LogP contribution >= 0.6 is 0 Å². The van der Waals surface area contributed by atoms with Gasteiger partial charge in [-0.3, -0.25) is 0 Å². The van der Waals surface area contributed by atoms with Gasteiger partial charge in [-0.25, -0.2) is 0 Å². The Balaban J connectivity index is 1.98. The average Bonchev–Trinajstić information content (AvgIpc) is 3.18. The zero-order valence-electron chi connectivity index (χ0n) is 24.6. The van der Waals surface area contributed by atoms with Crippen LogP contribution in [0.4, 0.5) is 0 Å². The second kappa shape index (κ2) is 7.29. The summed E-state index contributed by atoms with van der Waals surface area (Å²) in [4.78, 5) is 0. The fraction of sp³-hybridized carbons (Fsp3) is 0.562. The van der Waals surface area contributed by atoms with Crippen molar-refractivity contribution in [3.8, 4) is 0 Å². The van der Waals surface area contributed by atoms with E-state index >= 15 is 0 Å². The van der Waals surface area contributed by atoms with Crippen molar-refractivity contribution in [3.05, 3.63) is 41.0 Å². The number of benzene rings is 3. The Hall–Kier alpha value is -2.04. The van der Waals surface area contributed by atoms with Crippen molar-refractivity contribution in [2.45, 2.75) is 117 Å². The van der Waals surface area contributed by atoms with E-state index in [1.54, 1.807) is 0 Å². The van der Waals surface area contributed by atoms with Crippen LogP contribution in [0, 0.1) is 0 Å². The highest BCUT2D eigenvalue weighted by Crippen LogP contribution is 2.48. The zero-order valence-corrected chi connectivity index (χ0v) is 24.6. The lowest BCUT2D eigenvalue weighted by molar-refractivity contribution is 0.00578. The highest BCUT2D eigenvalue weighted by molar-refractivity contribution is 6.65. The summed E-state index contributed by atoms with van der Waals surface area (Å²) in [6.45, 7) is 29.0. The normalized spacial score (nSPS) is 18.9. The van der Waals surface area contributed by atoms with Crippen molar-refractivity contribution < 1.29 is 13.7 Å². The molecule has 3 aromatic carbocycles. The molecule has 0 N–H and O–H groups in total. The molecule has 4 aromatic rings. The van der Waals surface area contributed by atoms with Crippen LogP contribution in [0.5, 0.6) is 0 Å². The van der Waals surface area contributed by atoms with E-state index in [4.69, 9.17) is 13.7 Å². The molecule has 0 amide bonds. The number of furan rings is 1. The van der Waals surface area contributed by atoms with Gasteiger partial charge in [-0.2, -0.15) is 0 Å². The molecule has 1 aromatic heterocycles. The first-order chi connectivity index (χ1) is 16.2. The standard InChI is InChI=1S/C32H43BO3/c1-28(2,3)20-16-22(30(7,8)9)26-24-18(20)14-15-19-21(29(4,5)6)17-23(27(34-26)25(19)24)33-35-31(10,11)32(12,13)36-33/h14-17H,1-13H3. The smallest absolute Gasteiger partial charge is 0.456 e. The third kappa shape index (κ3) is 3.62. The summed E-state index contributed by atoms with van der Waals surface area (Å²) in [6.07, 6.45) is 0. The minimum absolute atomic E-state index is 0.00511. The van der Waals surface area contributed by atoms with Crippen LogP contribution in [0.15, 0.2) is 28.7 Å². The Bertz CT molecular complexity index is 1470. The van der Waals surface area contributed by atoms with Crippen LogP contribution in [0.3, 0.4) is 0 Å². The molecular weight excluding hydrogens is 443 g/mol. The first kappa shape index (κ1) is 25.6. The van der Waals surface area contributed by atoms with Gasteiger partial charge in [0.1, 0.15) is 11.2 Å². The van der Waals surface area contributed by atoms with Gasteiger partial charge in [0.05, 0.1) is 11.2 Å². The molecule has 0 radical (unpaired) electrons. The number of rotatable bonds is 1. The molecule has 3 nitrogen and oxygen atoms in total. The maximum absolute atomic E-state index is 6.93. The van der Waals surface area contributed by atoms with E-state index in [1.807, 2.05) is 0 Å². The lowest BCUT2D eigenvalue weighted by Gasteiger charge is -2.32. The summed E-state index contributed by atoms with van der Waals surface area (Å²) >= 11 is 0. The van der Waals surface area contributed by atoms with Gasteiger partial charge in [0, 0.05) is 21.8 Å². The van der Waals surface area contributed by atoms with E-state index in [2.05, 4.69) is 114 Å². The van der Waals surface area contributed by atoms with Crippen molar-refractivity contribution in [1.29, 1.82) is 0 Å². The molecule has 4 heteroatoms. The highest BCUT2D eigenvalue weighted by Gasteiger charge is 2.53. The lowest BCUT2D eigenvalue weighted by Crippen LogP contribution is -2.41. The summed E-state index contributed by atoms with van der Waals surface area (Å²) in [5.41, 5.74) is 5.84. The molecule has 1 fully saturated rings. The van der Waals surface area contributed by atoms with Crippen molar-refractivity contribution in [1.82, 2.24) is 0 Å². The molecule has 1 aliphatic heterocycles. The molecule has 0 unspecified atom stereocenters. The van der Waals surface area contributed by atoms with E-state index < -0.39 is 18.3 Å². The Kier molecular flexibility index (Phi) is 5.19. The highest BCUT2D eigenvalue weighted by atomic mass is 16.7. The predicted octanol–water partition coefficient (Wildman–Crippen LogP) is 8.37. The Morgan fingerprint density at radius 2 is 1.00 bits per heavy atom. The van der Waals surface area contributed by atoms with Gasteiger partial charge >= 0.3 is 7.12 Å². The molecule has 0 atom stereocenters. The van der Waals surface area contributed by atoms with Crippen LogP contribution in [-0.2, 0) is 25.6 Å². The van der Waals surface area contributed by atoms with Crippen LogP contribution in [0.1, 0.15) is 107 Å². The van der Waals surface area contributed by atoms with Gasteiger partial charge in [0.2, 0.25) is 0 Å². The Morgan fingerprint density at radius 3 is 1.44 bits per heavy atom. The third-order valence-electron chi connectivity index (χ3n) is 8.47. The maximum atomic E-state index is 6.93. The van der Waals surface area contributed by atoms with Gasteiger partial charge in [0.25, 0.3) is 0 Å². The fourth-order valence-corrected chi connectivity index (χ4v) is 5.65. The van der Waals surface area contributed by atoms with E-state index in [0.29, 0.717) is 0 Å². The van der Waals surface area contributed by atoms with Crippen molar-refractivity contribution in [2.24, 2.45) is 0 Å². The van der Waals surface area contributed by atoms with E-state index in [0.717, 1.165) is 16.6 Å². The van der Waals surface area contributed by atoms with Gasteiger partial charge in [-0.1, -0.05) is 86.6 Å². The molecule has 192 valence electrons. The topological polar surface area (TPSA) is 31.6 Å². The number of hydrogen-bond acceptors (Lipinski definition) is 3. The van der Waals surface area contributed by atoms with Gasteiger partial charge < -0.3 is 13.7 Å². The quantitative estimate of drug-likeness (QED) is 0.200. The summed E-state index contributed by atoms with van der Waals surface area (Å²) in [7, 11) is -0.486. The second-order valence-corrected chi connectivity index (χ2v) is 15.0. The van der Waals surface area contributed by atoms with E-state index in [-0.39, 0.29) is 16.2 Å². The summed E-state index contributed by atoms with van der Waals surface area (Å²) in [5.74, 6) is 0. The molecule has 2 heterocycles. The van der Waals surface area contributed by atoms with Crippen molar-refractivity contribution in [2.75, 3.05) is 0 Å². The summed E-state index contributed by atoms with van der Waals surface area (Å²) in [5, 5.41) is 4.98. The summed E-state index contributed by atoms with van der Waals surface area (Å²) < 4.78 is 20.1. The van der Waals surface area contributed by atoms with Crippen LogP contribution in [0.25, 0.3) is 32.7 Å². The molecule has 5 rings (SSSR count). The molecule has 0 bridgehead atoms. The monoisotopic (exact) mass is 486 g/mol.